The van der Waals surface area contributed by atoms with Crippen molar-refractivity contribution in [3.63, 3.8) is 0 Å². The van der Waals surface area contributed by atoms with Crippen LogP contribution in [0.5, 0.6) is 0 Å². The first kappa shape index (κ1) is 17.3. The summed E-state index contributed by atoms with van der Waals surface area (Å²) in [4.78, 5) is 2.67. The van der Waals surface area contributed by atoms with E-state index in [-0.39, 0.29) is 0 Å². The highest BCUT2D eigenvalue weighted by molar-refractivity contribution is 7.80. The lowest BCUT2D eigenvalue weighted by Crippen LogP contribution is -2.46. The van der Waals surface area contributed by atoms with Crippen molar-refractivity contribution in [1.29, 1.82) is 0 Å². The first-order valence-corrected chi connectivity index (χ1v) is 8.68. The maximum atomic E-state index is 5.31. The van der Waals surface area contributed by atoms with Gasteiger partial charge >= 0.3 is 0 Å². The van der Waals surface area contributed by atoms with Crippen LogP contribution in [0.15, 0.2) is 0 Å². The Morgan fingerprint density at radius 3 is 2.26 bits per heavy atom. The second kappa shape index (κ2) is 9.25. The van der Waals surface area contributed by atoms with Crippen LogP contribution in [0.1, 0.15) is 58.8 Å². The van der Waals surface area contributed by atoms with E-state index in [1.54, 1.807) is 7.11 Å². The Hall–Kier alpha value is 0.270. The van der Waals surface area contributed by atoms with E-state index in [1.807, 2.05) is 0 Å². The molecule has 1 fully saturated rings. The molecule has 0 N–H and O–H groups in total. The van der Waals surface area contributed by atoms with Crippen LogP contribution in [0.25, 0.3) is 0 Å². The maximum Gasteiger partial charge on any atom is 0.0589 e. The average molecular weight is 288 g/mol. The van der Waals surface area contributed by atoms with Crippen LogP contribution >= 0.6 is 12.6 Å². The Balaban J connectivity index is 2.67. The minimum Gasteiger partial charge on any atom is -0.383 e. The summed E-state index contributed by atoms with van der Waals surface area (Å²) >= 11 is 4.68. The molecule has 0 spiro atoms. The lowest BCUT2D eigenvalue weighted by Gasteiger charge is -2.43. The molecule has 114 valence electrons. The van der Waals surface area contributed by atoms with Gasteiger partial charge in [-0.25, -0.2) is 0 Å². The molecule has 1 aliphatic rings. The summed E-state index contributed by atoms with van der Waals surface area (Å²) in [5.74, 6) is 1.04. The van der Waals surface area contributed by atoms with E-state index in [2.05, 4.69) is 31.4 Å². The molecule has 0 atom stereocenters. The summed E-state index contributed by atoms with van der Waals surface area (Å²) in [6, 6.07) is 0.703. The molecule has 19 heavy (non-hydrogen) atoms. The Labute approximate surface area is 125 Å². The minimum atomic E-state index is 0.456. The van der Waals surface area contributed by atoms with Crippen LogP contribution in [0.2, 0.25) is 0 Å². The van der Waals surface area contributed by atoms with Gasteiger partial charge in [0, 0.05) is 26.2 Å². The van der Waals surface area contributed by atoms with Gasteiger partial charge in [0.2, 0.25) is 0 Å². The summed E-state index contributed by atoms with van der Waals surface area (Å²) in [5, 5.41) is 0. The van der Waals surface area contributed by atoms with Crippen LogP contribution in [-0.2, 0) is 4.74 Å². The first-order valence-electron chi connectivity index (χ1n) is 8.05. The van der Waals surface area contributed by atoms with Gasteiger partial charge in [-0.1, -0.05) is 33.1 Å². The number of hydrogen-bond acceptors (Lipinski definition) is 3. The van der Waals surface area contributed by atoms with E-state index in [0.717, 1.165) is 18.9 Å². The molecule has 3 heteroatoms. The van der Waals surface area contributed by atoms with Gasteiger partial charge < -0.3 is 4.74 Å². The zero-order chi connectivity index (χ0) is 14.1. The largest absolute Gasteiger partial charge is 0.383 e. The third-order valence-corrected chi connectivity index (χ3v) is 5.50. The third-order valence-electron chi connectivity index (χ3n) is 4.83. The normalized spacial score (nSPS) is 19.3. The maximum absolute atomic E-state index is 5.31. The van der Waals surface area contributed by atoms with Gasteiger partial charge in [0.05, 0.1) is 6.61 Å². The van der Waals surface area contributed by atoms with Crippen molar-refractivity contribution in [2.75, 3.05) is 32.6 Å². The smallest absolute Gasteiger partial charge is 0.0589 e. The molecule has 0 aliphatic heterocycles. The molecule has 0 heterocycles. The van der Waals surface area contributed by atoms with Gasteiger partial charge in [-0.2, -0.15) is 12.6 Å². The number of nitrogens with zero attached hydrogens (tertiary/aromatic N) is 1. The van der Waals surface area contributed by atoms with Crippen LogP contribution < -0.4 is 0 Å². The van der Waals surface area contributed by atoms with Crippen molar-refractivity contribution < 1.29 is 4.74 Å². The lowest BCUT2D eigenvalue weighted by atomic mass is 9.75. The second-order valence-corrected chi connectivity index (χ2v) is 6.47. The van der Waals surface area contributed by atoms with E-state index in [4.69, 9.17) is 4.74 Å². The SMILES string of the molecule is CCC(CC)N(CCOC)CC1(CS)CCCCC1. The number of hydrogen-bond donors (Lipinski definition) is 1. The van der Waals surface area contributed by atoms with Crippen LogP contribution in [0.4, 0.5) is 0 Å². The van der Waals surface area contributed by atoms with E-state index in [0.29, 0.717) is 11.5 Å². The Bertz CT molecular complexity index is 225. The third kappa shape index (κ3) is 5.28. The topological polar surface area (TPSA) is 12.5 Å². The molecule has 1 saturated carbocycles. The molecule has 0 unspecified atom stereocenters. The van der Waals surface area contributed by atoms with Crippen molar-refractivity contribution in [3.8, 4) is 0 Å². The molecular formula is C16H33NOS. The molecule has 0 bridgehead atoms. The molecule has 0 radical (unpaired) electrons. The van der Waals surface area contributed by atoms with E-state index < -0.39 is 0 Å². The molecule has 0 amide bonds. The summed E-state index contributed by atoms with van der Waals surface area (Å²) in [7, 11) is 1.81. The molecule has 0 saturated heterocycles. The van der Waals surface area contributed by atoms with Crippen LogP contribution in [0.3, 0.4) is 0 Å². The Kier molecular flexibility index (Phi) is 8.43. The lowest BCUT2D eigenvalue weighted by molar-refractivity contribution is 0.0619. The van der Waals surface area contributed by atoms with Crippen LogP contribution in [0, 0.1) is 5.41 Å². The fourth-order valence-corrected chi connectivity index (χ4v) is 3.92. The molecule has 0 aromatic carbocycles. The Morgan fingerprint density at radius 1 is 1.16 bits per heavy atom. The number of rotatable bonds is 9. The zero-order valence-corrected chi connectivity index (χ0v) is 14.1. The average Bonchev–Trinajstić information content (AvgIpc) is 2.46. The van der Waals surface area contributed by atoms with Gasteiger partial charge in [-0.3, -0.25) is 4.90 Å². The van der Waals surface area contributed by atoms with Gasteiger partial charge in [-0.15, -0.1) is 0 Å². The molecule has 1 aliphatic carbocycles. The van der Waals surface area contributed by atoms with Gasteiger partial charge in [0.25, 0.3) is 0 Å². The number of methoxy groups -OCH3 is 1. The summed E-state index contributed by atoms with van der Waals surface area (Å²) in [6.45, 7) is 7.74. The quantitative estimate of drug-likeness (QED) is 0.643. The van der Waals surface area contributed by atoms with Crippen molar-refractivity contribution in [2.45, 2.75) is 64.8 Å². The van der Waals surface area contributed by atoms with Gasteiger partial charge in [0.15, 0.2) is 0 Å². The molecular weight excluding hydrogens is 254 g/mol. The highest BCUT2D eigenvalue weighted by atomic mass is 32.1. The Morgan fingerprint density at radius 2 is 1.79 bits per heavy atom. The molecule has 2 nitrogen and oxygen atoms in total. The van der Waals surface area contributed by atoms with E-state index in [1.165, 1.54) is 51.5 Å². The van der Waals surface area contributed by atoms with Crippen molar-refractivity contribution in [1.82, 2.24) is 4.90 Å². The number of ether oxygens (including phenoxy) is 1. The zero-order valence-electron chi connectivity index (χ0n) is 13.2. The summed E-state index contributed by atoms with van der Waals surface area (Å²) < 4.78 is 5.31. The van der Waals surface area contributed by atoms with Crippen molar-refractivity contribution >= 4 is 12.6 Å². The molecule has 0 aromatic rings. The summed E-state index contributed by atoms with van der Waals surface area (Å²) in [5.41, 5.74) is 0.456. The fraction of sp³-hybridized carbons (Fsp3) is 1.00. The number of thiol groups is 1. The summed E-state index contributed by atoms with van der Waals surface area (Å²) in [6.07, 6.45) is 9.40. The monoisotopic (exact) mass is 287 g/mol. The highest BCUT2D eigenvalue weighted by Crippen LogP contribution is 2.38. The van der Waals surface area contributed by atoms with Gasteiger partial charge in [-0.05, 0) is 36.9 Å². The van der Waals surface area contributed by atoms with Gasteiger partial charge in [0.1, 0.15) is 0 Å². The van der Waals surface area contributed by atoms with Crippen LogP contribution in [-0.4, -0.2) is 43.5 Å². The van der Waals surface area contributed by atoms with Crippen molar-refractivity contribution in [3.05, 3.63) is 0 Å². The fourth-order valence-electron chi connectivity index (χ4n) is 3.50. The second-order valence-electron chi connectivity index (χ2n) is 6.15. The highest BCUT2D eigenvalue weighted by Gasteiger charge is 2.33. The molecule has 1 rings (SSSR count). The predicted molar refractivity (Wildman–Crippen MR) is 87.2 cm³/mol. The minimum absolute atomic E-state index is 0.456. The predicted octanol–water partition coefficient (Wildman–Crippen LogP) is 4.00. The van der Waals surface area contributed by atoms with E-state index >= 15 is 0 Å². The standard InChI is InChI=1S/C16H33NOS/c1-4-15(5-2)17(11-12-18-3)13-16(14-19)9-7-6-8-10-16/h15,19H,4-14H2,1-3H3. The van der Waals surface area contributed by atoms with Crippen molar-refractivity contribution in [2.24, 2.45) is 5.41 Å². The van der Waals surface area contributed by atoms with E-state index in [9.17, 15) is 0 Å². The first-order chi connectivity index (χ1) is 9.21. The molecule has 0 aromatic heterocycles.